The van der Waals surface area contributed by atoms with Crippen molar-refractivity contribution in [1.29, 1.82) is 0 Å². The van der Waals surface area contributed by atoms with Crippen molar-refractivity contribution in [3.05, 3.63) is 30.3 Å². The zero-order valence-corrected chi connectivity index (χ0v) is 16.1. The van der Waals surface area contributed by atoms with Crippen LogP contribution in [-0.2, 0) is 4.79 Å². The van der Waals surface area contributed by atoms with E-state index in [4.69, 9.17) is 0 Å². The number of carbonyl (C=O) groups excluding carboxylic acids is 2. The van der Waals surface area contributed by atoms with E-state index in [0.717, 1.165) is 51.0 Å². The lowest BCUT2D eigenvalue weighted by atomic mass is 9.82. The van der Waals surface area contributed by atoms with Gasteiger partial charge in [-0.05, 0) is 49.7 Å². The predicted molar refractivity (Wildman–Crippen MR) is 107 cm³/mol. The number of benzene rings is 1. The molecule has 0 radical (unpaired) electrons. The van der Waals surface area contributed by atoms with Gasteiger partial charge in [0.15, 0.2) is 0 Å². The maximum atomic E-state index is 12.8. The monoisotopic (exact) mass is 369 g/mol. The summed E-state index contributed by atoms with van der Waals surface area (Å²) in [5, 5.41) is 3.25. The van der Waals surface area contributed by atoms with E-state index in [-0.39, 0.29) is 11.9 Å². The molecule has 146 valence electrons. The van der Waals surface area contributed by atoms with Crippen LogP contribution in [0.5, 0.6) is 0 Å². The molecule has 1 N–H and O–H groups in total. The van der Waals surface area contributed by atoms with Gasteiger partial charge in [0.2, 0.25) is 5.91 Å². The smallest absolute Gasteiger partial charge is 0.317 e. The lowest BCUT2D eigenvalue weighted by Gasteiger charge is -2.38. The summed E-state index contributed by atoms with van der Waals surface area (Å²) in [6, 6.07) is 10.4. The summed E-state index contributed by atoms with van der Waals surface area (Å²) in [4.78, 5) is 29.4. The van der Waals surface area contributed by atoms with Gasteiger partial charge < -0.3 is 15.1 Å². The van der Waals surface area contributed by atoms with Crippen molar-refractivity contribution >= 4 is 17.6 Å². The topological polar surface area (TPSA) is 52.7 Å². The fourth-order valence-electron chi connectivity index (χ4n) is 5.01. The van der Waals surface area contributed by atoms with E-state index in [0.29, 0.717) is 24.3 Å². The zero-order chi connectivity index (χ0) is 18.6. The Hall–Kier alpha value is -2.04. The second-order valence-corrected chi connectivity index (χ2v) is 8.41. The second kappa shape index (κ2) is 8.32. The molecule has 0 unspecified atom stereocenters. The van der Waals surface area contributed by atoms with Crippen molar-refractivity contribution in [2.24, 2.45) is 11.8 Å². The molecule has 3 amide bonds. The molecule has 5 heteroatoms. The zero-order valence-electron chi connectivity index (χ0n) is 16.1. The maximum absolute atomic E-state index is 12.8. The van der Waals surface area contributed by atoms with Gasteiger partial charge in [0.05, 0.1) is 0 Å². The SMILES string of the molecule is O=C(NC1CCCCC1)N1CC[C@H]2CC(=O)N(c3ccccc3)CC[C@H]2C1. The van der Waals surface area contributed by atoms with E-state index in [9.17, 15) is 9.59 Å². The van der Waals surface area contributed by atoms with Crippen LogP contribution in [0.4, 0.5) is 10.5 Å². The summed E-state index contributed by atoms with van der Waals surface area (Å²) in [6.45, 7) is 2.32. The molecular weight excluding hydrogens is 338 g/mol. The third-order valence-electron chi connectivity index (χ3n) is 6.64. The van der Waals surface area contributed by atoms with Crippen molar-refractivity contribution in [3.63, 3.8) is 0 Å². The highest BCUT2D eigenvalue weighted by atomic mass is 16.2. The van der Waals surface area contributed by atoms with Gasteiger partial charge in [-0.15, -0.1) is 0 Å². The Labute approximate surface area is 162 Å². The molecule has 2 heterocycles. The molecule has 2 atom stereocenters. The van der Waals surface area contributed by atoms with Gasteiger partial charge >= 0.3 is 6.03 Å². The predicted octanol–water partition coefficient (Wildman–Crippen LogP) is 3.79. The van der Waals surface area contributed by atoms with Crippen molar-refractivity contribution in [1.82, 2.24) is 10.2 Å². The number of carbonyl (C=O) groups is 2. The Balaban J connectivity index is 1.36. The Bertz CT molecular complexity index is 657. The minimum Gasteiger partial charge on any atom is -0.335 e. The Kier molecular flexibility index (Phi) is 5.65. The van der Waals surface area contributed by atoms with Gasteiger partial charge in [-0.2, -0.15) is 0 Å². The highest BCUT2D eigenvalue weighted by Crippen LogP contribution is 2.34. The van der Waals surface area contributed by atoms with Crippen LogP contribution in [0.3, 0.4) is 0 Å². The highest BCUT2D eigenvalue weighted by molar-refractivity contribution is 5.93. The third-order valence-corrected chi connectivity index (χ3v) is 6.64. The van der Waals surface area contributed by atoms with E-state index in [2.05, 4.69) is 5.32 Å². The van der Waals surface area contributed by atoms with Crippen LogP contribution in [0.1, 0.15) is 51.4 Å². The molecule has 0 aromatic heterocycles. The number of urea groups is 1. The number of piperidine rings is 1. The second-order valence-electron chi connectivity index (χ2n) is 8.41. The van der Waals surface area contributed by atoms with Crippen molar-refractivity contribution in [2.45, 2.75) is 57.4 Å². The lowest BCUT2D eigenvalue weighted by molar-refractivity contribution is -0.119. The number of para-hydroxylation sites is 1. The first-order valence-corrected chi connectivity index (χ1v) is 10.6. The minimum atomic E-state index is 0.107. The minimum absolute atomic E-state index is 0.107. The first-order chi connectivity index (χ1) is 13.2. The van der Waals surface area contributed by atoms with Crippen LogP contribution >= 0.6 is 0 Å². The molecular formula is C22H31N3O2. The molecule has 1 aliphatic carbocycles. The van der Waals surface area contributed by atoms with E-state index in [1.165, 1.54) is 19.3 Å². The average Bonchev–Trinajstić information content (AvgIpc) is 2.87. The molecule has 3 fully saturated rings. The van der Waals surface area contributed by atoms with Gasteiger partial charge in [0.25, 0.3) is 0 Å². The quantitative estimate of drug-likeness (QED) is 0.862. The van der Waals surface area contributed by atoms with E-state index in [1.807, 2.05) is 40.1 Å². The van der Waals surface area contributed by atoms with Gasteiger partial charge in [0, 0.05) is 37.8 Å². The van der Waals surface area contributed by atoms with Gasteiger partial charge in [0.1, 0.15) is 0 Å². The third kappa shape index (κ3) is 4.28. The summed E-state index contributed by atoms with van der Waals surface area (Å²) in [5.74, 6) is 1.06. The number of fused-ring (bicyclic) bond motifs is 1. The van der Waals surface area contributed by atoms with E-state index < -0.39 is 0 Å². The Morgan fingerprint density at radius 3 is 2.44 bits per heavy atom. The van der Waals surface area contributed by atoms with Crippen LogP contribution in [0.15, 0.2) is 30.3 Å². The molecule has 1 aromatic rings. The molecule has 2 aliphatic heterocycles. The standard InChI is InChI=1S/C22H31N3O2/c26-21-15-17-11-13-24(22(27)23-19-7-3-1-4-8-19)16-18(17)12-14-25(21)20-9-5-2-6-10-20/h2,5-6,9-10,17-19H,1,3-4,7-8,11-16H2,(H,23,27)/t17-,18-/m0/s1. The molecule has 1 saturated carbocycles. The molecule has 1 aromatic carbocycles. The number of hydrogen-bond acceptors (Lipinski definition) is 2. The number of hydrogen-bond donors (Lipinski definition) is 1. The maximum Gasteiger partial charge on any atom is 0.317 e. The van der Waals surface area contributed by atoms with Crippen LogP contribution < -0.4 is 10.2 Å². The van der Waals surface area contributed by atoms with Crippen molar-refractivity contribution in [3.8, 4) is 0 Å². The van der Waals surface area contributed by atoms with Gasteiger partial charge in [-0.3, -0.25) is 4.79 Å². The van der Waals surface area contributed by atoms with E-state index >= 15 is 0 Å². The van der Waals surface area contributed by atoms with Crippen molar-refractivity contribution in [2.75, 3.05) is 24.5 Å². The summed E-state index contributed by atoms with van der Waals surface area (Å²) in [5.41, 5.74) is 0.994. The van der Waals surface area contributed by atoms with E-state index in [1.54, 1.807) is 0 Å². The molecule has 27 heavy (non-hydrogen) atoms. The molecule has 0 spiro atoms. The normalized spacial score (nSPS) is 27.0. The fraction of sp³-hybridized carbons (Fsp3) is 0.636. The Morgan fingerprint density at radius 2 is 1.67 bits per heavy atom. The lowest BCUT2D eigenvalue weighted by Crippen LogP contribution is -2.50. The number of anilines is 1. The number of nitrogens with one attached hydrogen (secondary N) is 1. The molecule has 2 saturated heterocycles. The van der Waals surface area contributed by atoms with Gasteiger partial charge in [-0.25, -0.2) is 4.79 Å². The molecule has 4 rings (SSSR count). The number of amides is 3. The fourth-order valence-corrected chi connectivity index (χ4v) is 5.01. The molecule has 5 nitrogen and oxygen atoms in total. The summed E-state index contributed by atoms with van der Waals surface area (Å²) in [7, 11) is 0. The number of nitrogens with zero attached hydrogens (tertiary/aromatic N) is 2. The van der Waals surface area contributed by atoms with Crippen LogP contribution in [0.25, 0.3) is 0 Å². The van der Waals surface area contributed by atoms with Crippen molar-refractivity contribution < 1.29 is 9.59 Å². The first-order valence-electron chi connectivity index (χ1n) is 10.6. The highest BCUT2D eigenvalue weighted by Gasteiger charge is 2.37. The first kappa shape index (κ1) is 18.3. The van der Waals surface area contributed by atoms with Crippen LogP contribution in [0, 0.1) is 11.8 Å². The summed E-state index contributed by atoms with van der Waals surface area (Å²) < 4.78 is 0. The average molecular weight is 370 g/mol. The summed E-state index contributed by atoms with van der Waals surface area (Å²) >= 11 is 0. The number of likely N-dealkylation sites (tertiary alicyclic amines) is 1. The van der Waals surface area contributed by atoms with Crippen LogP contribution in [0.2, 0.25) is 0 Å². The Morgan fingerprint density at radius 1 is 0.926 bits per heavy atom. The largest absolute Gasteiger partial charge is 0.335 e. The summed E-state index contributed by atoms with van der Waals surface area (Å²) in [6.07, 6.45) is 8.51. The van der Waals surface area contributed by atoms with Gasteiger partial charge in [-0.1, -0.05) is 37.5 Å². The number of rotatable bonds is 2. The van der Waals surface area contributed by atoms with Crippen LogP contribution in [-0.4, -0.2) is 42.5 Å². The molecule has 0 bridgehead atoms. The molecule has 3 aliphatic rings.